The Balaban J connectivity index is 0. The number of hydrogen-bond acceptors (Lipinski definition) is 4. The Morgan fingerprint density at radius 1 is 0.833 bits per heavy atom. The normalized spacial score (nSPS) is 11.2. The molecule has 0 aromatic rings. The molecule has 0 aromatic carbocycles. The highest BCUT2D eigenvalue weighted by Crippen LogP contribution is 2.10. The monoisotopic (exact) mass is 346 g/mol. The van der Waals surface area contributed by atoms with Crippen LogP contribution in [0.5, 0.6) is 0 Å². The summed E-state index contributed by atoms with van der Waals surface area (Å²) in [5.41, 5.74) is 9.81. The van der Waals surface area contributed by atoms with Gasteiger partial charge in [-0.05, 0) is 12.8 Å². The lowest BCUT2D eigenvalue weighted by atomic mass is 10.1. The molecule has 0 aliphatic rings. The maximum atomic E-state index is 10.2. The van der Waals surface area contributed by atoms with Crippen molar-refractivity contribution in [2.45, 2.75) is 90.0 Å². The van der Waals surface area contributed by atoms with Crippen LogP contribution in [0.4, 0.5) is 0 Å². The predicted molar refractivity (Wildman–Crippen MR) is 93.5 cm³/mol. The number of unbranched alkanes of at least 4 members (excludes halogenated alkanes) is 8. The van der Waals surface area contributed by atoms with Gasteiger partial charge in [0.2, 0.25) is 5.91 Å². The molecule has 0 spiro atoms. The van der Waals surface area contributed by atoms with Gasteiger partial charge >= 0.3 is 11.9 Å². The summed E-state index contributed by atoms with van der Waals surface area (Å²) in [4.78, 5) is 30.3. The molecule has 0 saturated carbocycles. The second-order valence-corrected chi connectivity index (χ2v) is 5.92. The van der Waals surface area contributed by atoms with Crippen LogP contribution in [0.1, 0.15) is 84.0 Å². The van der Waals surface area contributed by atoms with E-state index >= 15 is 0 Å². The molecular formula is C17H34N2O5. The number of amides is 1. The first-order valence-corrected chi connectivity index (χ1v) is 8.79. The molecule has 24 heavy (non-hydrogen) atoms. The predicted octanol–water partition coefficient (Wildman–Crippen LogP) is 2.66. The molecule has 7 heteroatoms. The van der Waals surface area contributed by atoms with E-state index in [1.165, 1.54) is 44.9 Å². The fraction of sp³-hybridized carbons (Fsp3) is 0.824. The molecule has 0 saturated heterocycles. The van der Waals surface area contributed by atoms with Crippen LogP contribution in [-0.2, 0) is 14.4 Å². The highest BCUT2D eigenvalue weighted by atomic mass is 16.4. The molecule has 142 valence electrons. The SMILES string of the molecule is CCCCCCCCCCCC(=O)O.NC(=O)CC[C@H](N)C(=O)O. The van der Waals surface area contributed by atoms with Gasteiger partial charge in [-0.1, -0.05) is 58.3 Å². The summed E-state index contributed by atoms with van der Waals surface area (Å²) in [6.45, 7) is 2.23. The molecule has 7 nitrogen and oxygen atoms in total. The van der Waals surface area contributed by atoms with Crippen molar-refractivity contribution >= 4 is 17.8 Å². The summed E-state index contributed by atoms with van der Waals surface area (Å²) in [6.07, 6.45) is 11.6. The summed E-state index contributed by atoms with van der Waals surface area (Å²) in [5.74, 6) is -2.30. The fourth-order valence-corrected chi connectivity index (χ4v) is 2.01. The van der Waals surface area contributed by atoms with E-state index in [1.54, 1.807) is 0 Å². The molecule has 0 aliphatic heterocycles. The molecule has 0 fully saturated rings. The van der Waals surface area contributed by atoms with Gasteiger partial charge in [-0.15, -0.1) is 0 Å². The average molecular weight is 346 g/mol. The maximum absolute atomic E-state index is 10.2. The molecule has 0 rings (SSSR count). The molecule has 1 atom stereocenters. The summed E-state index contributed by atoms with van der Waals surface area (Å²) in [7, 11) is 0. The molecule has 0 unspecified atom stereocenters. The summed E-state index contributed by atoms with van der Waals surface area (Å²) >= 11 is 0. The van der Waals surface area contributed by atoms with E-state index in [2.05, 4.69) is 6.92 Å². The Labute approximate surface area is 144 Å². The fourth-order valence-electron chi connectivity index (χ4n) is 2.01. The number of aliphatic carboxylic acids is 2. The molecule has 0 aliphatic carbocycles. The Morgan fingerprint density at radius 3 is 1.67 bits per heavy atom. The van der Waals surface area contributed by atoms with E-state index in [4.69, 9.17) is 21.7 Å². The number of carbonyl (C=O) groups is 3. The third kappa shape index (κ3) is 22.6. The van der Waals surface area contributed by atoms with Gasteiger partial charge < -0.3 is 21.7 Å². The third-order valence-electron chi connectivity index (χ3n) is 3.51. The Kier molecular flexibility index (Phi) is 18.2. The van der Waals surface area contributed by atoms with Crippen molar-refractivity contribution in [3.8, 4) is 0 Å². The van der Waals surface area contributed by atoms with Crippen LogP contribution in [0.2, 0.25) is 0 Å². The third-order valence-corrected chi connectivity index (χ3v) is 3.51. The topological polar surface area (TPSA) is 144 Å². The minimum absolute atomic E-state index is 0.0213. The number of primary amides is 1. The number of rotatable bonds is 14. The van der Waals surface area contributed by atoms with Crippen LogP contribution in [-0.4, -0.2) is 34.1 Å². The van der Waals surface area contributed by atoms with Gasteiger partial charge in [0.05, 0.1) is 0 Å². The lowest BCUT2D eigenvalue weighted by Crippen LogP contribution is -2.31. The largest absolute Gasteiger partial charge is 0.481 e. The van der Waals surface area contributed by atoms with E-state index in [-0.39, 0.29) is 12.8 Å². The summed E-state index contributed by atoms with van der Waals surface area (Å²) in [5, 5.41) is 16.6. The standard InChI is InChI=1S/C12H24O2.C5H10N2O3/c1-2-3-4-5-6-7-8-9-10-11-12(13)14;6-3(5(9)10)1-2-4(7)8/h2-11H2,1H3,(H,13,14);3H,1-2,6H2,(H2,7,8)(H,9,10)/t;3-/m.0/s1. The second kappa shape index (κ2) is 17.7. The first-order chi connectivity index (χ1) is 11.3. The van der Waals surface area contributed by atoms with E-state index in [1.807, 2.05) is 0 Å². The zero-order valence-electron chi connectivity index (χ0n) is 14.8. The van der Waals surface area contributed by atoms with Crippen molar-refractivity contribution in [3.63, 3.8) is 0 Å². The van der Waals surface area contributed by atoms with Crippen molar-refractivity contribution in [3.05, 3.63) is 0 Å². The van der Waals surface area contributed by atoms with E-state index in [0.717, 1.165) is 12.8 Å². The molecule has 0 radical (unpaired) electrons. The van der Waals surface area contributed by atoms with E-state index in [9.17, 15) is 14.4 Å². The van der Waals surface area contributed by atoms with E-state index in [0.29, 0.717) is 6.42 Å². The van der Waals surface area contributed by atoms with E-state index < -0.39 is 23.9 Å². The number of carbonyl (C=O) groups excluding carboxylic acids is 1. The van der Waals surface area contributed by atoms with Crippen LogP contribution >= 0.6 is 0 Å². The van der Waals surface area contributed by atoms with Crippen LogP contribution < -0.4 is 11.5 Å². The number of carboxylic acid groups (broad SMARTS) is 2. The Hall–Kier alpha value is -1.63. The van der Waals surface area contributed by atoms with Crippen molar-refractivity contribution in [1.82, 2.24) is 0 Å². The minimum atomic E-state index is -1.11. The zero-order chi connectivity index (χ0) is 18.8. The molecule has 0 aromatic heterocycles. The van der Waals surface area contributed by atoms with Gasteiger partial charge in [0.25, 0.3) is 0 Å². The maximum Gasteiger partial charge on any atom is 0.320 e. The molecule has 0 bridgehead atoms. The average Bonchev–Trinajstić information content (AvgIpc) is 2.51. The smallest absolute Gasteiger partial charge is 0.320 e. The lowest BCUT2D eigenvalue weighted by Gasteiger charge is -2.01. The van der Waals surface area contributed by atoms with Crippen LogP contribution in [0.3, 0.4) is 0 Å². The number of hydrogen-bond donors (Lipinski definition) is 4. The highest BCUT2D eigenvalue weighted by molar-refractivity contribution is 5.76. The minimum Gasteiger partial charge on any atom is -0.481 e. The van der Waals surface area contributed by atoms with Crippen molar-refractivity contribution in [2.75, 3.05) is 0 Å². The zero-order valence-corrected chi connectivity index (χ0v) is 14.8. The summed E-state index contributed by atoms with van der Waals surface area (Å²) < 4.78 is 0. The molecule has 6 N–H and O–H groups in total. The van der Waals surface area contributed by atoms with Gasteiger partial charge in [0, 0.05) is 12.8 Å². The molecule has 0 heterocycles. The first kappa shape index (κ1) is 24.6. The Morgan fingerprint density at radius 2 is 1.29 bits per heavy atom. The van der Waals surface area contributed by atoms with Crippen molar-refractivity contribution in [2.24, 2.45) is 11.5 Å². The van der Waals surface area contributed by atoms with Crippen molar-refractivity contribution in [1.29, 1.82) is 0 Å². The van der Waals surface area contributed by atoms with Gasteiger partial charge in [-0.2, -0.15) is 0 Å². The van der Waals surface area contributed by atoms with Gasteiger partial charge in [0.1, 0.15) is 6.04 Å². The number of carboxylic acids is 2. The molecule has 1 amide bonds. The second-order valence-electron chi connectivity index (χ2n) is 5.92. The van der Waals surface area contributed by atoms with Crippen LogP contribution in [0, 0.1) is 0 Å². The van der Waals surface area contributed by atoms with Crippen molar-refractivity contribution < 1.29 is 24.6 Å². The van der Waals surface area contributed by atoms with Crippen LogP contribution in [0.25, 0.3) is 0 Å². The first-order valence-electron chi connectivity index (χ1n) is 8.79. The quantitative estimate of drug-likeness (QED) is 0.356. The lowest BCUT2D eigenvalue weighted by molar-refractivity contribution is -0.139. The highest BCUT2D eigenvalue weighted by Gasteiger charge is 2.11. The summed E-state index contributed by atoms with van der Waals surface area (Å²) in [6, 6.07) is -0.979. The molecular weight excluding hydrogens is 312 g/mol. The van der Waals surface area contributed by atoms with Gasteiger partial charge in [-0.25, -0.2) is 0 Å². The van der Waals surface area contributed by atoms with Gasteiger partial charge in [0.15, 0.2) is 0 Å². The van der Waals surface area contributed by atoms with Crippen LogP contribution in [0.15, 0.2) is 0 Å². The number of nitrogens with two attached hydrogens (primary N) is 2. The Bertz CT molecular complexity index is 348. The van der Waals surface area contributed by atoms with Gasteiger partial charge in [-0.3, -0.25) is 14.4 Å².